The molecule has 1 aliphatic rings. The third-order valence-electron chi connectivity index (χ3n) is 2.38. The first-order valence-electron chi connectivity index (χ1n) is 4.72. The summed E-state index contributed by atoms with van der Waals surface area (Å²) in [7, 11) is 1.79. The molecule has 1 atom stereocenters. The normalized spacial score (nSPS) is 27.6. The summed E-state index contributed by atoms with van der Waals surface area (Å²) in [6.45, 7) is 3.76. The van der Waals surface area contributed by atoms with E-state index in [9.17, 15) is 4.79 Å². The molecule has 0 aromatic rings. The van der Waals surface area contributed by atoms with Gasteiger partial charge in [0.1, 0.15) is 5.54 Å². The minimum atomic E-state index is -0.760. The van der Waals surface area contributed by atoms with Crippen LogP contribution in [-0.4, -0.2) is 43.2 Å². The molecule has 0 aromatic carbocycles. The maximum Gasteiger partial charge on any atom is 0.244 e. The molecule has 0 saturated carbocycles. The molecule has 1 amide bonds. The second-order valence-corrected chi connectivity index (χ2v) is 3.69. The van der Waals surface area contributed by atoms with E-state index < -0.39 is 5.54 Å². The topological polar surface area (TPSA) is 55.6 Å². The van der Waals surface area contributed by atoms with E-state index in [1.54, 1.807) is 11.9 Å². The highest BCUT2D eigenvalue weighted by Crippen LogP contribution is 2.17. The van der Waals surface area contributed by atoms with Crippen molar-refractivity contribution in [3.05, 3.63) is 0 Å². The maximum absolute atomic E-state index is 11.8. The van der Waals surface area contributed by atoms with Gasteiger partial charge in [-0.1, -0.05) is 6.92 Å². The van der Waals surface area contributed by atoms with Crippen LogP contribution in [0.15, 0.2) is 0 Å². The fourth-order valence-electron chi connectivity index (χ4n) is 1.57. The predicted octanol–water partition coefficient (Wildman–Crippen LogP) is -0.0274. The molecule has 13 heavy (non-hydrogen) atoms. The molecule has 4 nitrogen and oxygen atoms in total. The predicted molar refractivity (Wildman–Crippen MR) is 50.3 cm³/mol. The Bertz CT molecular complexity index is 188. The van der Waals surface area contributed by atoms with Crippen molar-refractivity contribution in [2.24, 2.45) is 5.73 Å². The lowest BCUT2D eigenvalue weighted by molar-refractivity contribution is -0.135. The summed E-state index contributed by atoms with van der Waals surface area (Å²) in [5, 5.41) is 0. The fraction of sp³-hybridized carbons (Fsp3) is 0.889. The lowest BCUT2D eigenvalue weighted by atomic mass is 9.98. The van der Waals surface area contributed by atoms with Gasteiger partial charge in [0, 0.05) is 20.2 Å². The van der Waals surface area contributed by atoms with Gasteiger partial charge in [0.05, 0.1) is 6.61 Å². The molecule has 1 unspecified atom stereocenters. The highest BCUT2D eigenvalue weighted by molar-refractivity contribution is 5.86. The molecule has 1 fully saturated rings. The van der Waals surface area contributed by atoms with Crippen molar-refractivity contribution >= 4 is 5.91 Å². The van der Waals surface area contributed by atoms with Crippen LogP contribution in [0.25, 0.3) is 0 Å². The van der Waals surface area contributed by atoms with Crippen molar-refractivity contribution in [3.8, 4) is 0 Å². The summed E-state index contributed by atoms with van der Waals surface area (Å²) in [5.41, 5.74) is 5.16. The van der Waals surface area contributed by atoms with Gasteiger partial charge in [0.25, 0.3) is 0 Å². The molecule has 0 spiro atoms. The average molecular weight is 186 g/mol. The van der Waals surface area contributed by atoms with Crippen LogP contribution in [0.2, 0.25) is 0 Å². The zero-order valence-electron chi connectivity index (χ0n) is 8.38. The highest BCUT2D eigenvalue weighted by Gasteiger charge is 2.39. The number of nitrogens with two attached hydrogens (primary N) is 1. The van der Waals surface area contributed by atoms with Crippen molar-refractivity contribution < 1.29 is 9.53 Å². The monoisotopic (exact) mass is 186 g/mol. The van der Waals surface area contributed by atoms with Gasteiger partial charge in [-0.25, -0.2) is 0 Å². The second-order valence-electron chi connectivity index (χ2n) is 3.69. The third kappa shape index (κ3) is 2.19. The van der Waals surface area contributed by atoms with E-state index in [1.807, 2.05) is 6.92 Å². The number of amides is 1. The van der Waals surface area contributed by atoms with Gasteiger partial charge < -0.3 is 15.4 Å². The van der Waals surface area contributed by atoms with E-state index >= 15 is 0 Å². The number of nitrogens with zero attached hydrogens (tertiary/aromatic N) is 1. The van der Waals surface area contributed by atoms with Crippen molar-refractivity contribution in [2.75, 3.05) is 26.8 Å². The van der Waals surface area contributed by atoms with Gasteiger partial charge in [-0.3, -0.25) is 4.79 Å². The van der Waals surface area contributed by atoms with E-state index in [-0.39, 0.29) is 5.91 Å². The first-order chi connectivity index (χ1) is 6.10. The Morgan fingerprint density at radius 2 is 2.38 bits per heavy atom. The second kappa shape index (κ2) is 4.07. The summed E-state index contributed by atoms with van der Waals surface area (Å²) >= 11 is 0. The van der Waals surface area contributed by atoms with Gasteiger partial charge in [-0.15, -0.1) is 0 Å². The Morgan fingerprint density at radius 1 is 1.69 bits per heavy atom. The quantitative estimate of drug-likeness (QED) is 0.673. The van der Waals surface area contributed by atoms with E-state index in [0.29, 0.717) is 19.6 Å². The van der Waals surface area contributed by atoms with Gasteiger partial charge in [-0.05, 0) is 12.8 Å². The van der Waals surface area contributed by atoms with Crippen LogP contribution >= 0.6 is 0 Å². The number of ether oxygens (including phenoxy) is 1. The third-order valence-corrected chi connectivity index (χ3v) is 2.38. The van der Waals surface area contributed by atoms with Gasteiger partial charge in [0.15, 0.2) is 0 Å². The Kier molecular flexibility index (Phi) is 3.27. The lowest BCUT2D eigenvalue weighted by Gasteiger charge is -2.27. The van der Waals surface area contributed by atoms with Crippen LogP contribution in [-0.2, 0) is 9.53 Å². The SMILES string of the molecule is CCCN(C)C(=O)C1(N)CCOC1. The average Bonchev–Trinajstić information content (AvgIpc) is 2.52. The van der Waals surface area contributed by atoms with Crippen molar-refractivity contribution in [1.29, 1.82) is 0 Å². The summed E-state index contributed by atoms with van der Waals surface area (Å²) in [6.07, 6.45) is 1.60. The number of rotatable bonds is 3. The summed E-state index contributed by atoms with van der Waals surface area (Å²) in [5.74, 6) is 0.00634. The molecule has 76 valence electrons. The molecule has 1 aliphatic heterocycles. The van der Waals surface area contributed by atoms with Crippen molar-refractivity contribution in [3.63, 3.8) is 0 Å². The minimum Gasteiger partial charge on any atom is -0.379 e. The molecule has 1 rings (SSSR count). The molecule has 1 heterocycles. The van der Waals surface area contributed by atoms with Crippen molar-refractivity contribution in [1.82, 2.24) is 4.90 Å². The van der Waals surface area contributed by atoms with Gasteiger partial charge in [-0.2, -0.15) is 0 Å². The standard InChI is InChI=1S/C9H18N2O2/c1-3-5-11(2)8(12)9(10)4-6-13-7-9/h3-7,10H2,1-2H3. The van der Waals surface area contributed by atoms with Crippen LogP contribution in [0.1, 0.15) is 19.8 Å². The fourth-order valence-corrected chi connectivity index (χ4v) is 1.57. The minimum absolute atomic E-state index is 0.00634. The summed E-state index contributed by atoms with van der Waals surface area (Å²) < 4.78 is 5.14. The highest BCUT2D eigenvalue weighted by atomic mass is 16.5. The molecular weight excluding hydrogens is 168 g/mol. The van der Waals surface area contributed by atoms with Crippen LogP contribution in [0.3, 0.4) is 0 Å². The van der Waals surface area contributed by atoms with E-state index in [4.69, 9.17) is 10.5 Å². The Balaban J connectivity index is 2.54. The lowest BCUT2D eigenvalue weighted by Crippen LogP contribution is -2.55. The molecule has 2 N–H and O–H groups in total. The molecule has 0 bridgehead atoms. The molecule has 1 saturated heterocycles. The maximum atomic E-state index is 11.8. The van der Waals surface area contributed by atoms with Crippen LogP contribution < -0.4 is 5.73 Å². The molecular formula is C9H18N2O2. The Labute approximate surface area is 79.0 Å². The zero-order valence-corrected chi connectivity index (χ0v) is 8.38. The first kappa shape index (κ1) is 10.5. The van der Waals surface area contributed by atoms with Crippen molar-refractivity contribution in [2.45, 2.75) is 25.3 Å². The molecule has 0 aromatic heterocycles. The Hall–Kier alpha value is -0.610. The van der Waals surface area contributed by atoms with E-state index in [0.717, 1.165) is 13.0 Å². The van der Waals surface area contributed by atoms with E-state index in [1.165, 1.54) is 0 Å². The smallest absolute Gasteiger partial charge is 0.244 e. The number of hydrogen-bond acceptors (Lipinski definition) is 3. The largest absolute Gasteiger partial charge is 0.379 e. The van der Waals surface area contributed by atoms with E-state index in [2.05, 4.69) is 0 Å². The number of carbonyl (C=O) groups is 1. The van der Waals surface area contributed by atoms with Gasteiger partial charge in [0.2, 0.25) is 5.91 Å². The molecule has 4 heteroatoms. The molecule has 0 radical (unpaired) electrons. The summed E-state index contributed by atoms with van der Waals surface area (Å²) in [4.78, 5) is 13.5. The number of carbonyl (C=O) groups excluding carboxylic acids is 1. The summed E-state index contributed by atoms with van der Waals surface area (Å²) in [6, 6.07) is 0. The van der Waals surface area contributed by atoms with Crippen LogP contribution in [0.5, 0.6) is 0 Å². The Morgan fingerprint density at radius 3 is 2.85 bits per heavy atom. The van der Waals surface area contributed by atoms with Crippen LogP contribution in [0, 0.1) is 0 Å². The zero-order chi connectivity index (χ0) is 9.90. The molecule has 0 aliphatic carbocycles. The number of hydrogen-bond donors (Lipinski definition) is 1. The number of likely N-dealkylation sites (N-methyl/N-ethyl adjacent to an activating group) is 1. The van der Waals surface area contributed by atoms with Gasteiger partial charge >= 0.3 is 0 Å². The van der Waals surface area contributed by atoms with Crippen LogP contribution in [0.4, 0.5) is 0 Å². The first-order valence-corrected chi connectivity index (χ1v) is 4.72.